The number of aryl methyl sites for hydroxylation is 1. The maximum Gasteiger partial charge on any atom is 0.0518 e. The highest BCUT2D eigenvalue weighted by atomic mass is 15.3. The molecule has 1 fully saturated rings. The van der Waals surface area contributed by atoms with Crippen LogP contribution >= 0.6 is 0 Å². The Balaban J connectivity index is 1.63. The maximum atomic E-state index is 4.21. The highest BCUT2D eigenvalue weighted by Gasteiger charge is 2.48. The standard InChI is InChI=1S/C17H23N3/c1-17(2)15(13-7-5-4-6-8-13)11-16(17)18-12-14-9-10-19-20(14)3/h4-10,15-16,18H,11-12H2,1-3H3. The van der Waals surface area contributed by atoms with Crippen molar-refractivity contribution in [2.24, 2.45) is 12.5 Å². The van der Waals surface area contributed by atoms with Crippen molar-refractivity contribution in [3.63, 3.8) is 0 Å². The summed E-state index contributed by atoms with van der Waals surface area (Å²) in [5.74, 6) is 0.660. The molecule has 0 spiro atoms. The van der Waals surface area contributed by atoms with Crippen LogP contribution in [-0.2, 0) is 13.6 Å². The molecule has 0 saturated heterocycles. The fourth-order valence-corrected chi connectivity index (χ4v) is 3.33. The molecule has 1 aromatic carbocycles. The lowest BCUT2D eigenvalue weighted by molar-refractivity contribution is 0.0674. The van der Waals surface area contributed by atoms with Gasteiger partial charge in [-0.3, -0.25) is 4.68 Å². The van der Waals surface area contributed by atoms with Crippen LogP contribution in [0, 0.1) is 5.41 Å². The zero-order chi connectivity index (χ0) is 14.2. The molecule has 3 nitrogen and oxygen atoms in total. The minimum Gasteiger partial charge on any atom is -0.308 e. The molecule has 3 rings (SSSR count). The van der Waals surface area contributed by atoms with Crippen LogP contribution in [0.15, 0.2) is 42.6 Å². The number of hydrogen-bond donors (Lipinski definition) is 1. The lowest BCUT2D eigenvalue weighted by Gasteiger charge is -2.53. The third-order valence-electron chi connectivity index (χ3n) is 4.92. The van der Waals surface area contributed by atoms with Crippen molar-refractivity contribution in [3.8, 4) is 0 Å². The van der Waals surface area contributed by atoms with Gasteiger partial charge in [0.25, 0.3) is 0 Å². The minimum atomic E-state index is 0.306. The molecule has 2 atom stereocenters. The fraction of sp³-hybridized carbons (Fsp3) is 0.471. The summed E-state index contributed by atoms with van der Waals surface area (Å²) < 4.78 is 1.94. The Morgan fingerprint density at radius 1 is 1.25 bits per heavy atom. The summed E-state index contributed by atoms with van der Waals surface area (Å²) in [7, 11) is 2.00. The highest BCUT2D eigenvalue weighted by Crippen LogP contribution is 2.52. The van der Waals surface area contributed by atoms with E-state index in [9.17, 15) is 0 Å². The Labute approximate surface area is 121 Å². The van der Waals surface area contributed by atoms with E-state index in [2.05, 4.69) is 60.7 Å². The van der Waals surface area contributed by atoms with Crippen LogP contribution in [0.1, 0.15) is 37.4 Å². The van der Waals surface area contributed by atoms with Gasteiger partial charge in [-0.2, -0.15) is 5.10 Å². The van der Waals surface area contributed by atoms with Gasteiger partial charge in [-0.15, -0.1) is 0 Å². The molecule has 1 aromatic heterocycles. The summed E-state index contributed by atoms with van der Waals surface area (Å²) in [5.41, 5.74) is 3.01. The van der Waals surface area contributed by atoms with Crippen LogP contribution in [0.5, 0.6) is 0 Å². The van der Waals surface area contributed by atoms with Crippen LogP contribution in [0.25, 0.3) is 0 Å². The van der Waals surface area contributed by atoms with Gasteiger partial charge in [-0.05, 0) is 29.4 Å². The fourth-order valence-electron chi connectivity index (χ4n) is 3.33. The first-order valence-corrected chi connectivity index (χ1v) is 7.34. The first kappa shape index (κ1) is 13.4. The van der Waals surface area contributed by atoms with Crippen molar-refractivity contribution in [3.05, 3.63) is 53.9 Å². The number of rotatable bonds is 4. The number of nitrogens with one attached hydrogen (secondary N) is 1. The zero-order valence-electron chi connectivity index (χ0n) is 12.5. The molecular formula is C17H23N3. The molecule has 106 valence electrons. The first-order chi connectivity index (χ1) is 9.59. The number of benzene rings is 1. The number of aromatic nitrogens is 2. The van der Waals surface area contributed by atoms with E-state index in [-0.39, 0.29) is 0 Å². The van der Waals surface area contributed by atoms with Crippen molar-refractivity contribution in [2.45, 2.75) is 38.8 Å². The maximum absolute atomic E-state index is 4.21. The molecule has 2 unspecified atom stereocenters. The van der Waals surface area contributed by atoms with E-state index in [4.69, 9.17) is 0 Å². The van der Waals surface area contributed by atoms with Gasteiger partial charge in [0.1, 0.15) is 0 Å². The van der Waals surface area contributed by atoms with Gasteiger partial charge in [0.15, 0.2) is 0 Å². The summed E-state index contributed by atoms with van der Waals surface area (Å²) in [6, 6.07) is 13.5. The van der Waals surface area contributed by atoms with E-state index < -0.39 is 0 Å². The molecule has 0 radical (unpaired) electrons. The van der Waals surface area contributed by atoms with E-state index in [1.807, 2.05) is 17.9 Å². The number of hydrogen-bond acceptors (Lipinski definition) is 2. The molecule has 20 heavy (non-hydrogen) atoms. The second kappa shape index (κ2) is 5.06. The van der Waals surface area contributed by atoms with E-state index >= 15 is 0 Å². The molecule has 1 N–H and O–H groups in total. The van der Waals surface area contributed by atoms with E-state index in [0.717, 1.165) is 6.54 Å². The van der Waals surface area contributed by atoms with E-state index in [1.54, 1.807) is 0 Å². The second-order valence-electron chi connectivity index (χ2n) is 6.40. The Bertz CT molecular complexity index is 571. The van der Waals surface area contributed by atoms with Gasteiger partial charge in [-0.25, -0.2) is 0 Å². The largest absolute Gasteiger partial charge is 0.308 e. The molecule has 1 aliphatic rings. The molecule has 0 aliphatic heterocycles. The molecule has 1 saturated carbocycles. The molecular weight excluding hydrogens is 246 g/mol. The Hall–Kier alpha value is -1.61. The molecule has 3 heteroatoms. The van der Waals surface area contributed by atoms with Crippen molar-refractivity contribution in [1.82, 2.24) is 15.1 Å². The van der Waals surface area contributed by atoms with Crippen molar-refractivity contribution in [2.75, 3.05) is 0 Å². The second-order valence-corrected chi connectivity index (χ2v) is 6.40. The molecule has 1 heterocycles. The van der Waals surface area contributed by atoms with E-state index in [1.165, 1.54) is 17.7 Å². The van der Waals surface area contributed by atoms with Crippen LogP contribution in [0.4, 0.5) is 0 Å². The van der Waals surface area contributed by atoms with Crippen LogP contribution in [0.2, 0.25) is 0 Å². The quantitative estimate of drug-likeness (QED) is 0.924. The molecule has 0 amide bonds. The van der Waals surface area contributed by atoms with Gasteiger partial charge >= 0.3 is 0 Å². The van der Waals surface area contributed by atoms with Gasteiger partial charge in [-0.1, -0.05) is 44.2 Å². The van der Waals surface area contributed by atoms with Crippen molar-refractivity contribution >= 4 is 0 Å². The highest BCUT2D eigenvalue weighted by molar-refractivity contribution is 5.27. The van der Waals surface area contributed by atoms with Gasteiger partial charge < -0.3 is 5.32 Å². The van der Waals surface area contributed by atoms with Gasteiger partial charge in [0, 0.05) is 25.8 Å². The first-order valence-electron chi connectivity index (χ1n) is 7.34. The summed E-state index contributed by atoms with van der Waals surface area (Å²) in [6.45, 7) is 5.64. The van der Waals surface area contributed by atoms with Gasteiger partial charge in [0.05, 0.1) is 5.69 Å². The Kier molecular flexibility index (Phi) is 3.38. The third kappa shape index (κ3) is 2.27. The smallest absolute Gasteiger partial charge is 0.0518 e. The SMILES string of the molecule is Cn1nccc1CNC1CC(c2ccccc2)C1(C)C. The predicted octanol–water partition coefficient (Wildman–Crippen LogP) is 3.09. The zero-order valence-corrected chi connectivity index (χ0v) is 12.5. The Morgan fingerprint density at radius 2 is 2.00 bits per heavy atom. The lowest BCUT2D eigenvalue weighted by Crippen LogP contribution is -2.55. The molecule has 0 bridgehead atoms. The average Bonchev–Trinajstić information content (AvgIpc) is 2.84. The van der Waals surface area contributed by atoms with Gasteiger partial charge in [0.2, 0.25) is 0 Å². The normalized spacial score (nSPS) is 24.4. The van der Waals surface area contributed by atoms with Crippen LogP contribution in [-0.4, -0.2) is 15.8 Å². The minimum absolute atomic E-state index is 0.306. The average molecular weight is 269 g/mol. The van der Waals surface area contributed by atoms with Crippen LogP contribution in [0.3, 0.4) is 0 Å². The topological polar surface area (TPSA) is 29.9 Å². The summed E-state index contributed by atoms with van der Waals surface area (Å²) >= 11 is 0. The predicted molar refractivity (Wildman–Crippen MR) is 81.4 cm³/mol. The van der Waals surface area contributed by atoms with Crippen LogP contribution < -0.4 is 5.32 Å². The summed E-state index contributed by atoms with van der Waals surface area (Å²) in [6.07, 6.45) is 3.07. The third-order valence-corrected chi connectivity index (χ3v) is 4.92. The lowest BCUT2D eigenvalue weighted by atomic mass is 9.56. The number of nitrogens with zero attached hydrogens (tertiary/aromatic N) is 2. The van der Waals surface area contributed by atoms with E-state index in [0.29, 0.717) is 17.4 Å². The monoisotopic (exact) mass is 269 g/mol. The summed E-state index contributed by atoms with van der Waals surface area (Å²) in [5, 5.41) is 7.91. The van der Waals surface area contributed by atoms with Crippen molar-refractivity contribution < 1.29 is 0 Å². The molecule has 1 aliphatic carbocycles. The summed E-state index contributed by atoms with van der Waals surface area (Å²) in [4.78, 5) is 0. The van der Waals surface area contributed by atoms with Crippen molar-refractivity contribution in [1.29, 1.82) is 0 Å². The molecule has 2 aromatic rings. The Morgan fingerprint density at radius 3 is 2.60 bits per heavy atom.